The van der Waals surface area contributed by atoms with Crippen molar-refractivity contribution in [1.82, 2.24) is 0 Å². The summed E-state index contributed by atoms with van der Waals surface area (Å²) in [5, 5.41) is 0.736. The van der Waals surface area contributed by atoms with Gasteiger partial charge in [0, 0.05) is 11.1 Å². The van der Waals surface area contributed by atoms with Gasteiger partial charge in [-0.05, 0) is 30.3 Å². The van der Waals surface area contributed by atoms with Crippen molar-refractivity contribution in [3.05, 3.63) is 46.4 Å². The quantitative estimate of drug-likeness (QED) is 0.522. The summed E-state index contributed by atoms with van der Waals surface area (Å²) in [5.41, 5.74) is -4.68. The molecule has 2 aromatic carbocycles. The molecule has 140 valence electrons. The van der Waals surface area contributed by atoms with Crippen LogP contribution in [0.25, 0.3) is 0 Å². The average Bonchev–Trinajstić information content (AvgIpc) is 2.53. The Morgan fingerprint density at radius 3 is 2.46 bits per heavy atom. The largest absolute Gasteiger partial charge is 0.534 e. The first-order valence-electron chi connectivity index (χ1n) is 7.09. The molecule has 0 spiro atoms. The summed E-state index contributed by atoms with van der Waals surface area (Å²) < 4.78 is 69.6. The van der Waals surface area contributed by atoms with E-state index in [-0.39, 0.29) is 0 Å². The fourth-order valence-electron chi connectivity index (χ4n) is 2.37. The zero-order chi connectivity index (χ0) is 19.1. The van der Waals surface area contributed by atoms with Crippen LogP contribution in [0.5, 0.6) is 11.5 Å². The number of halogens is 5. The molecule has 0 amide bonds. The molecular weight excluding hydrogens is 418 g/mol. The first-order chi connectivity index (χ1) is 12.1. The standard InChI is InChI=1S/C15H10Cl2F3NO4S/c16-9-1-3-12(11(17)7-9)21-5-6-24-14-4-2-10(8-13(14)21)25-26(22,23)15(18,19)20/h1-4,7-8H,5-6H2. The van der Waals surface area contributed by atoms with E-state index in [1.54, 1.807) is 17.0 Å². The van der Waals surface area contributed by atoms with Gasteiger partial charge in [0.05, 0.1) is 22.9 Å². The third-order valence-electron chi connectivity index (χ3n) is 3.48. The molecule has 2 aromatic rings. The van der Waals surface area contributed by atoms with Crippen molar-refractivity contribution in [2.45, 2.75) is 5.51 Å². The molecule has 0 fully saturated rings. The first-order valence-corrected chi connectivity index (χ1v) is 9.25. The van der Waals surface area contributed by atoms with Gasteiger partial charge in [-0.3, -0.25) is 0 Å². The van der Waals surface area contributed by atoms with E-state index in [9.17, 15) is 21.6 Å². The topological polar surface area (TPSA) is 55.8 Å². The maximum atomic E-state index is 12.5. The van der Waals surface area contributed by atoms with E-state index >= 15 is 0 Å². The van der Waals surface area contributed by atoms with E-state index in [1.807, 2.05) is 0 Å². The first kappa shape index (κ1) is 18.9. The highest BCUT2D eigenvalue weighted by atomic mass is 35.5. The number of hydrogen-bond acceptors (Lipinski definition) is 5. The Bertz CT molecular complexity index is 950. The fourth-order valence-corrected chi connectivity index (χ4v) is 3.34. The smallest absolute Gasteiger partial charge is 0.490 e. The second-order valence-electron chi connectivity index (χ2n) is 5.21. The molecule has 1 aliphatic heterocycles. The Labute approximate surface area is 157 Å². The van der Waals surface area contributed by atoms with Crippen molar-refractivity contribution in [1.29, 1.82) is 0 Å². The molecule has 0 bridgehead atoms. The van der Waals surface area contributed by atoms with Crippen LogP contribution < -0.4 is 13.8 Å². The zero-order valence-corrected chi connectivity index (χ0v) is 15.1. The maximum absolute atomic E-state index is 12.5. The Morgan fingerprint density at radius 1 is 1.08 bits per heavy atom. The summed E-state index contributed by atoms with van der Waals surface area (Å²) in [6.07, 6.45) is 0. The van der Waals surface area contributed by atoms with Crippen LogP contribution in [0.3, 0.4) is 0 Å². The second-order valence-corrected chi connectivity index (χ2v) is 7.59. The number of fused-ring (bicyclic) bond motifs is 1. The van der Waals surface area contributed by atoms with Gasteiger partial charge < -0.3 is 13.8 Å². The monoisotopic (exact) mass is 427 g/mol. The Kier molecular flexibility index (Phi) is 4.89. The number of alkyl halides is 3. The van der Waals surface area contributed by atoms with Crippen molar-refractivity contribution in [2.24, 2.45) is 0 Å². The molecule has 11 heteroatoms. The fraction of sp³-hybridized carbons (Fsp3) is 0.200. The highest BCUT2D eigenvalue weighted by molar-refractivity contribution is 7.88. The second kappa shape index (κ2) is 6.71. The lowest BCUT2D eigenvalue weighted by molar-refractivity contribution is -0.0500. The van der Waals surface area contributed by atoms with Crippen LogP contribution in [0.4, 0.5) is 24.5 Å². The van der Waals surface area contributed by atoms with Crippen LogP contribution in [0.1, 0.15) is 0 Å². The van der Waals surface area contributed by atoms with Crippen LogP contribution >= 0.6 is 23.2 Å². The normalized spacial score (nSPS) is 14.6. The lowest BCUT2D eigenvalue weighted by Gasteiger charge is -2.32. The number of anilines is 2. The van der Waals surface area contributed by atoms with Gasteiger partial charge in [-0.1, -0.05) is 23.2 Å². The lowest BCUT2D eigenvalue weighted by Crippen LogP contribution is -2.30. The third kappa shape index (κ3) is 3.65. The third-order valence-corrected chi connectivity index (χ3v) is 5.00. The molecule has 1 heterocycles. The van der Waals surface area contributed by atoms with Crippen molar-refractivity contribution >= 4 is 44.7 Å². The van der Waals surface area contributed by atoms with Crippen LogP contribution in [0.2, 0.25) is 10.0 Å². The van der Waals surface area contributed by atoms with E-state index in [0.29, 0.717) is 40.3 Å². The van der Waals surface area contributed by atoms with Crippen LogP contribution in [0.15, 0.2) is 36.4 Å². The van der Waals surface area contributed by atoms with E-state index in [4.69, 9.17) is 27.9 Å². The lowest BCUT2D eigenvalue weighted by atomic mass is 10.2. The Balaban J connectivity index is 2.01. The van der Waals surface area contributed by atoms with Gasteiger partial charge in [0.25, 0.3) is 0 Å². The number of nitrogens with zero attached hydrogens (tertiary/aromatic N) is 1. The molecule has 5 nitrogen and oxygen atoms in total. The molecule has 0 N–H and O–H groups in total. The summed E-state index contributed by atoms with van der Waals surface area (Å²) in [6, 6.07) is 8.30. The van der Waals surface area contributed by atoms with E-state index in [1.165, 1.54) is 12.1 Å². The van der Waals surface area contributed by atoms with Gasteiger partial charge in [-0.2, -0.15) is 21.6 Å². The molecular formula is C15H10Cl2F3NO4S. The van der Waals surface area contributed by atoms with Crippen molar-refractivity contribution in [2.75, 3.05) is 18.1 Å². The molecule has 1 aliphatic rings. The molecule has 0 saturated carbocycles. The molecule has 26 heavy (non-hydrogen) atoms. The summed E-state index contributed by atoms with van der Waals surface area (Å²) in [5.74, 6) is -0.152. The summed E-state index contributed by atoms with van der Waals surface area (Å²) in [6.45, 7) is 0.636. The van der Waals surface area contributed by atoms with Crippen LogP contribution in [-0.2, 0) is 10.1 Å². The molecule has 0 saturated heterocycles. The van der Waals surface area contributed by atoms with Gasteiger partial charge >= 0.3 is 15.6 Å². The summed E-state index contributed by atoms with van der Waals surface area (Å²) >= 11 is 12.1. The van der Waals surface area contributed by atoms with E-state index < -0.39 is 21.4 Å². The van der Waals surface area contributed by atoms with E-state index in [2.05, 4.69) is 4.18 Å². The SMILES string of the molecule is O=S(=O)(Oc1ccc2c(c1)N(c1ccc(Cl)cc1Cl)CCO2)C(F)(F)F. The Morgan fingerprint density at radius 2 is 1.81 bits per heavy atom. The minimum Gasteiger partial charge on any atom is -0.490 e. The average molecular weight is 428 g/mol. The summed E-state index contributed by atoms with van der Waals surface area (Å²) in [4.78, 5) is 1.67. The van der Waals surface area contributed by atoms with Gasteiger partial charge in [0.15, 0.2) is 0 Å². The number of hydrogen-bond donors (Lipinski definition) is 0. The Hall–Kier alpha value is -1.84. The van der Waals surface area contributed by atoms with Gasteiger partial charge in [0.1, 0.15) is 18.1 Å². The molecule has 0 aliphatic carbocycles. The van der Waals surface area contributed by atoms with Gasteiger partial charge in [-0.15, -0.1) is 0 Å². The van der Waals surface area contributed by atoms with Crippen molar-refractivity contribution in [3.63, 3.8) is 0 Å². The predicted octanol–water partition coefficient (Wildman–Crippen LogP) is 4.75. The van der Waals surface area contributed by atoms with Gasteiger partial charge in [0.2, 0.25) is 0 Å². The zero-order valence-electron chi connectivity index (χ0n) is 12.8. The number of benzene rings is 2. The van der Waals surface area contributed by atoms with Crippen LogP contribution in [-0.4, -0.2) is 27.1 Å². The molecule has 0 atom stereocenters. The highest BCUT2D eigenvalue weighted by Gasteiger charge is 2.48. The molecule has 3 rings (SSSR count). The highest BCUT2D eigenvalue weighted by Crippen LogP contribution is 2.42. The van der Waals surface area contributed by atoms with Crippen LogP contribution in [0, 0.1) is 0 Å². The number of rotatable bonds is 3. The minimum absolute atomic E-state index is 0.299. The maximum Gasteiger partial charge on any atom is 0.534 e. The van der Waals surface area contributed by atoms with Gasteiger partial charge in [-0.25, -0.2) is 0 Å². The van der Waals surface area contributed by atoms with Crippen molar-refractivity contribution in [3.8, 4) is 11.5 Å². The predicted molar refractivity (Wildman–Crippen MR) is 91.0 cm³/mol. The summed E-state index contributed by atoms with van der Waals surface area (Å²) in [7, 11) is -5.78. The number of ether oxygens (including phenoxy) is 1. The molecule has 0 unspecified atom stereocenters. The molecule has 0 aromatic heterocycles. The van der Waals surface area contributed by atoms with Crippen molar-refractivity contribution < 1.29 is 30.5 Å². The van der Waals surface area contributed by atoms with E-state index in [0.717, 1.165) is 12.1 Å². The molecule has 0 radical (unpaired) electrons. The minimum atomic E-state index is -5.78.